The summed E-state index contributed by atoms with van der Waals surface area (Å²) in [6.45, 7) is 5.37. The first-order valence-electron chi connectivity index (χ1n) is 7.27. The Morgan fingerprint density at radius 2 is 1.90 bits per heavy atom. The molecule has 0 spiro atoms. The minimum Gasteiger partial charge on any atom is -0.467 e. The number of hydrogen-bond donors (Lipinski definition) is 1. The van der Waals surface area contributed by atoms with Gasteiger partial charge in [0.05, 0.1) is 6.26 Å². The summed E-state index contributed by atoms with van der Waals surface area (Å²) >= 11 is 0. The zero-order valence-electron chi connectivity index (χ0n) is 12.1. The van der Waals surface area contributed by atoms with E-state index in [1.807, 2.05) is 12.1 Å². The lowest BCUT2D eigenvalue weighted by molar-refractivity contribution is 0.104. The Balaban J connectivity index is 1.50. The Morgan fingerprint density at radius 1 is 1.10 bits per heavy atom. The fourth-order valence-corrected chi connectivity index (χ4v) is 1.99. The van der Waals surface area contributed by atoms with E-state index >= 15 is 0 Å². The highest BCUT2D eigenvalue weighted by molar-refractivity contribution is 5.22. The van der Waals surface area contributed by atoms with Crippen molar-refractivity contribution in [2.75, 3.05) is 13.2 Å². The summed E-state index contributed by atoms with van der Waals surface area (Å²) in [4.78, 5) is 0. The Bertz CT molecular complexity index is 462. The van der Waals surface area contributed by atoms with Crippen LogP contribution in [0.3, 0.4) is 0 Å². The molecular formula is C17H23NO2. The minimum atomic E-state index is 0.561. The van der Waals surface area contributed by atoms with Crippen molar-refractivity contribution in [3.8, 4) is 0 Å². The van der Waals surface area contributed by atoms with Crippen LogP contribution in [-0.4, -0.2) is 13.2 Å². The number of ether oxygens (including phenoxy) is 1. The van der Waals surface area contributed by atoms with Crippen molar-refractivity contribution in [2.24, 2.45) is 0 Å². The van der Waals surface area contributed by atoms with Crippen molar-refractivity contribution in [3.05, 3.63) is 59.5 Å². The quantitative estimate of drug-likeness (QED) is 0.710. The lowest BCUT2D eigenvalue weighted by Gasteiger charge is -2.06. The van der Waals surface area contributed by atoms with Crippen molar-refractivity contribution in [3.63, 3.8) is 0 Å². The predicted molar refractivity (Wildman–Crippen MR) is 80.5 cm³/mol. The zero-order valence-corrected chi connectivity index (χ0v) is 12.1. The van der Waals surface area contributed by atoms with Gasteiger partial charge in [0.1, 0.15) is 12.4 Å². The van der Waals surface area contributed by atoms with Gasteiger partial charge in [-0.25, -0.2) is 0 Å². The summed E-state index contributed by atoms with van der Waals surface area (Å²) in [5.41, 5.74) is 2.72. The number of rotatable bonds is 9. The van der Waals surface area contributed by atoms with Crippen LogP contribution in [0, 0.1) is 0 Å². The second-order valence-corrected chi connectivity index (χ2v) is 4.83. The lowest BCUT2D eigenvalue weighted by Crippen LogP contribution is -2.16. The Morgan fingerprint density at radius 3 is 2.60 bits per heavy atom. The molecule has 1 N–H and O–H groups in total. The minimum absolute atomic E-state index is 0.561. The molecule has 108 valence electrons. The van der Waals surface area contributed by atoms with E-state index in [1.54, 1.807) is 6.26 Å². The normalized spacial score (nSPS) is 10.8. The molecule has 0 bridgehead atoms. The molecule has 2 rings (SSSR count). The summed E-state index contributed by atoms with van der Waals surface area (Å²) in [6, 6.07) is 12.6. The van der Waals surface area contributed by atoms with Crippen molar-refractivity contribution in [2.45, 2.75) is 32.9 Å². The van der Waals surface area contributed by atoms with Gasteiger partial charge in [-0.2, -0.15) is 0 Å². The maximum Gasteiger partial charge on any atom is 0.129 e. The average Bonchev–Trinajstić information content (AvgIpc) is 3.00. The highest BCUT2D eigenvalue weighted by atomic mass is 16.5. The number of nitrogens with one attached hydrogen (secondary N) is 1. The first-order chi connectivity index (χ1) is 9.88. The van der Waals surface area contributed by atoms with Crippen LogP contribution < -0.4 is 5.32 Å². The molecule has 0 amide bonds. The van der Waals surface area contributed by atoms with Gasteiger partial charge in [0.2, 0.25) is 0 Å². The molecule has 0 unspecified atom stereocenters. The molecule has 0 atom stereocenters. The Kier molecular flexibility index (Phi) is 6.35. The molecule has 0 aliphatic heterocycles. The smallest absolute Gasteiger partial charge is 0.129 e. The van der Waals surface area contributed by atoms with Crippen molar-refractivity contribution in [1.82, 2.24) is 5.32 Å². The van der Waals surface area contributed by atoms with Gasteiger partial charge < -0.3 is 14.5 Å². The molecule has 0 saturated carbocycles. The molecule has 1 aromatic heterocycles. The van der Waals surface area contributed by atoms with Crippen LogP contribution in [0.4, 0.5) is 0 Å². The number of hydrogen-bond acceptors (Lipinski definition) is 3. The molecule has 3 nitrogen and oxygen atoms in total. The van der Waals surface area contributed by atoms with Crippen LogP contribution in [0.25, 0.3) is 0 Å². The van der Waals surface area contributed by atoms with Gasteiger partial charge >= 0.3 is 0 Å². The molecular weight excluding hydrogens is 250 g/mol. The first-order valence-corrected chi connectivity index (χ1v) is 7.27. The largest absolute Gasteiger partial charge is 0.467 e. The summed E-state index contributed by atoms with van der Waals surface area (Å²) in [5.74, 6) is 0.883. The maximum absolute atomic E-state index is 5.53. The zero-order chi connectivity index (χ0) is 14.0. The predicted octanol–water partition coefficient (Wildman–Crippen LogP) is 3.54. The SMILES string of the molecule is CCc1ccc(CNCCCOCc2ccco2)cc1. The van der Waals surface area contributed by atoms with E-state index in [2.05, 4.69) is 36.5 Å². The molecule has 3 heteroatoms. The number of benzene rings is 1. The first kappa shape index (κ1) is 14.8. The van der Waals surface area contributed by atoms with E-state index in [0.29, 0.717) is 6.61 Å². The van der Waals surface area contributed by atoms with Crippen molar-refractivity contribution in [1.29, 1.82) is 0 Å². The van der Waals surface area contributed by atoms with E-state index in [0.717, 1.165) is 38.3 Å². The van der Waals surface area contributed by atoms with Crippen LogP contribution in [0.15, 0.2) is 47.1 Å². The molecule has 0 radical (unpaired) electrons. The van der Waals surface area contributed by atoms with Gasteiger partial charge in [-0.3, -0.25) is 0 Å². The van der Waals surface area contributed by atoms with Gasteiger partial charge in [-0.1, -0.05) is 31.2 Å². The fourth-order valence-electron chi connectivity index (χ4n) is 1.99. The second-order valence-electron chi connectivity index (χ2n) is 4.83. The third kappa shape index (κ3) is 5.19. The molecule has 1 aromatic carbocycles. The Hall–Kier alpha value is -1.58. The van der Waals surface area contributed by atoms with Crippen LogP contribution in [-0.2, 0) is 24.3 Å². The maximum atomic E-state index is 5.53. The summed E-state index contributed by atoms with van der Waals surface area (Å²) in [6.07, 6.45) is 3.78. The van der Waals surface area contributed by atoms with Crippen LogP contribution in [0.1, 0.15) is 30.2 Å². The highest BCUT2D eigenvalue weighted by Gasteiger charge is 1.96. The number of aryl methyl sites for hydroxylation is 1. The van der Waals surface area contributed by atoms with E-state index in [4.69, 9.17) is 9.15 Å². The molecule has 0 saturated heterocycles. The molecule has 0 aliphatic rings. The molecule has 2 aromatic rings. The lowest BCUT2D eigenvalue weighted by atomic mass is 10.1. The van der Waals surface area contributed by atoms with Gasteiger partial charge in [-0.05, 0) is 42.6 Å². The third-order valence-corrected chi connectivity index (χ3v) is 3.23. The van der Waals surface area contributed by atoms with E-state index in [-0.39, 0.29) is 0 Å². The highest BCUT2D eigenvalue weighted by Crippen LogP contribution is 2.05. The molecule has 0 fully saturated rings. The van der Waals surface area contributed by atoms with Gasteiger partial charge in [0.15, 0.2) is 0 Å². The summed E-state index contributed by atoms with van der Waals surface area (Å²) < 4.78 is 10.7. The third-order valence-electron chi connectivity index (χ3n) is 3.23. The Labute approximate surface area is 121 Å². The second kappa shape index (κ2) is 8.56. The summed E-state index contributed by atoms with van der Waals surface area (Å²) in [5, 5.41) is 3.43. The monoisotopic (exact) mass is 273 g/mol. The van der Waals surface area contributed by atoms with Gasteiger partial charge in [0.25, 0.3) is 0 Å². The molecule has 1 heterocycles. The molecule has 0 aliphatic carbocycles. The van der Waals surface area contributed by atoms with Crippen LogP contribution in [0.2, 0.25) is 0 Å². The standard InChI is InChI=1S/C17H23NO2/c1-2-15-6-8-16(9-7-15)13-18-10-4-11-19-14-17-5-3-12-20-17/h3,5-9,12,18H,2,4,10-11,13-14H2,1H3. The van der Waals surface area contributed by atoms with Crippen molar-refractivity contribution >= 4 is 0 Å². The molecule has 20 heavy (non-hydrogen) atoms. The topological polar surface area (TPSA) is 34.4 Å². The van der Waals surface area contributed by atoms with E-state index in [9.17, 15) is 0 Å². The average molecular weight is 273 g/mol. The van der Waals surface area contributed by atoms with Crippen LogP contribution in [0.5, 0.6) is 0 Å². The van der Waals surface area contributed by atoms with Gasteiger partial charge in [-0.15, -0.1) is 0 Å². The van der Waals surface area contributed by atoms with Crippen molar-refractivity contribution < 1.29 is 9.15 Å². The fraction of sp³-hybridized carbons (Fsp3) is 0.412. The van der Waals surface area contributed by atoms with Gasteiger partial charge in [0, 0.05) is 13.2 Å². The van der Waals surface area contributed by atoms with Crippen LogP contribution >= 0.6 is 0 Å². The van der Waals surface area contributed by atoms with E-state index < -0.39 is 0 Å². The number of furan rings is 1. The summed E-state index contributed by atoms with van der Waals surface area (Å²) in [7, 11) is 0. The van der Waals surface area contributed by atoms with E-state index in [1.165, 1.54) is 11.1 Å².